The number of benzene rings is 2. The number of ether oxygens (including phenoxy) is 1. The number of esters is 1. The molecule has 1 aliphatic rings. The summed E-state index contributed by atoms with van der Waals surface area (Å²) in [5.41, 5.74) is 5.14. The van der Waals surface area contributed by atoms with Gasteiger partial charge in [0, 0.05) is 10.0 Å². The van der Waals surface area contributed by atoms with Crippen molar-refractivity contribution in [2.45, 2.75) is 26.3 Å². The second kappa shape index (κ2) is 10.4. The molecule has 1 aliphatic heterocycles. The topological polar surface area (TPSA) is 122 Å². The molecule has 0 unspecified atom stereocenters. The van der Waals surface area contributed by atoms with Crippen LogP contribution in [0.15, 0.2) is 53.0 Å². The van der Waals surface area contributed by atoms with Gasteiger partial charge in [-0.2, -0.15) is 0 Å². The zero-order chi connectivity index (χ0) is 24.1. The van der Waals surface area contributed by atoms with Crippen LogP contribution in [0, 0.1) is 5.92 Å². The number of hydrazine groups is 1. The van der Waals surface area contributed by atoms with E-state index in [9.17, 15) is 24.0 Å². The highest BCUT2D eigenvalue weighted by atomic mass is 79.9. The minimum atomic E-state index is -1.18. The summed E-state index contributed by atoms with van der Waals surface area (Å²) in [5, 5.41) is 0. The first-order valence-electron chi connectivity index (χ1n) is 10.2. The lowest BCUT2D eigenvalue weighted by Crippen LogP contribution is -2.48. The quantitative estimate of drug-likeness (QED) is 0.331. The Bertz CT molecular complexity index is 1060. The van der Waals surface area contributed by atoms with Gasteiger partial charge >= 0.3 is 5.97 Å². The van der Waals surface area contributed by atoms with Crippen molar-refractivity contribution in [3.8, 4) is 0 Å². The molecule has 0 bridgehead atoms. The number of fused-ring (bicyclic) bond motifs is 1. The molecule has 1 atom stereocenters. The number of carbonyl (C=O) groups is 5. The summed E-state index contributed by atoms with van der Waals surface area (Å²) in [6.07, 6.45) is 0.173. The van der Waals surface area contributed by atoms with Gasteiger partial charge in [0.2, 0.25) is 0 Å². The summed E-state index contributed by atoms with van der Waals surface area (Å²) in [6.45, 7) is 2.98. The highest BCUT2D eigenvalue weighted by Gasteiger charge is 2.43. The molecule has 10 heteroatoms. The number of hydrogen-bond donors (Lipinski definition) is 2. The zero-order valence-corrected chi connectivity index (χ0v) is 19.5. The monoisotopic (exact) mass is 515 g/mol. The average Bonchev–Trinajstić information content (AvgIpc) is 3.04. The molecule has 0 saturated heterocycles. The second-order valence-corrected chi connectivity index (χ2v) is 8.70. The number of imide groups is 1. The van der Waals surface area contributed by atoms with Gasteiger partial charge in [-0.1, -0.05) is 41.9 Å². The fourth-order valence-electron chi connectivity index (χ4n) is 3.31. The number of carbonyl (C=O) groups excluding carboxylic acids is 5. The van der Waals surface area contributed by atoms with E-state index in [1.165, 1.54) is 12.1 Å². The summed E-state index contributed by atoms with van der Waals surface area (Å²) in [5.74, 6) is -3.40. The molecule has 4 amide bonds. The molecule has 2 aromatic carbocycles. The van der Waals surface area contributed by atoms with E-state index in [4.69, 9.17) is 4.74 Å². The molecule has 0 fully saturated rings. The molecule has 3 rings (SSSR count). The molecular weight excluding hydrogens is 494 g/mol. The van der Waals surface area contributed by atoms with Gasteiger partial charge in [0.1, 0.15) is 6.04 Å². The van der Waals surface area contributed by atoms with Crippen molar-refractivity contribution in [1.29, 1.82) is 0 Å². The Kier molecular flexibility index (Phi) is 7.59. The van der Waals surface area contributed by atoms with Crippen LogP contribution in [0.3, 0.4) is 0 Å². The molecule has 0 spiro atoms. The van der Waals surface area contributed by atoms with Crippen LogP contribution in [0.1, 0.15) is 51.3 Å². The molecule has 2 aromatic rings. The van der Waals surface area contributed by atoms with E-state index in [2.05, 4.69) is 26.8 Å². The molecule has 0 aliphatic carbocycles. The highest BCUT2D eigenvalue weighted by molar-refractivity contribution is 9.10. The third kappa shape index (κ3) is 5.64. The fraction of sp³-hybridized carbons (Fsp3) is 0.261. The molecule has 0 aromatic heterocycles. The maximum Gasteiger partial charge on any atom is 0.329 e. The first-order valence-corrected chi connectivity index (χ1v) is 11.0. The van der Waals surface area contributed by atoms with Crippen LogP contribution in [0.25, 0.3) is 0 Å². The van der Waals surface area contributed by atoms with E-state index in [0.29, 0.717) is 5.56 Å². The Hall–Kier alpha value is -3.53. The average molecular weight is 516 g/mol. The van der Waals surface area contributed by atoms with Crippen molar-refractivity contribution < 1.29 is 28.7 Å². The Morgan fingerprint density at radius 3 is 2.06 bits per heavy atom. The predicted octanol–water partition coefficient (Wildman–Crippen LogP) is 2.46. The van der Waals surface area contributed by atoms with Gasteiger partial charge in [-0.25, -0.2) is 4.79 Å². The number of nitrogens with zero attached hydrogens (tertiary/aromatic N) is 1. The molecule has 172 valence electrons. The molecule has 33 heavy (non-hydrogen) atoms. The highest BCUT2D eigenvalue weighted by Crippen LogP contribution is 2.27. The van der Waals surface area contributed by atoms with Crippen LogP contribution in [0.4, 0.5) is 0 Å². The van der Waals surface area contributed by atoms with Gasteiger partial charge in [0.25, 0.3) is 23.6 Å². The standard InChI is InChI=1S/C23H22BrN3O6/c1-13(2)11-18(27-21(30)16-5-3-4-6-17(16)22(27)31)23(32)33-12-19(28)25-26-20(29)14-7-9-15(24)10-8-14/h3-10,13,18H,11-12H2,1-2H3,(H,25,28)(H,26,29)/t18-/m0/s1. The van der Waals surface area contributed by atoms with Gasteiger partial charge in [0.05, 0.1) is 11.1 Å². The van der Waals surface area contributed by atoms with Crippen molar-refractivity contribution in [3.63, 3.8) is 0 Å². The lowest BCUT2D eigenvalue weighted by molar-refractivity contribution is -0.153. The Labute approximate surface area is 198 Å². The number of halogens is 1. The van der Waals surface area contributed by atoms with Crippen LogP contribution < -0.4 is 10.9 Å². The molecule has 0 radical (unpaired) electrons. The van der Waals surface area contributed by atoms with E-state index in [1.807, 2.05) is 13.8 Å². The minimum absolute atomic E-state index is 0.0362. The van der Waals surface area contributed by atoms with Gasteiger partial charge in [-0.3, -0.25) is 34.9 Å². The normalized spacial score (nSPS) is 13.5. The van der Waals surface area contributed by atoms with Crippen LogP contribution in [-0.4, -0.2) is 47.1 Å². The number of hydrogen-bond acceptors (Lipinski definition) is 6. The Morgan fingerprint density at radius 2 is 1.52 bits per heavy atom. The van der Waals surface area contributed by atoms with Crippen LogP contribution >= 0.6 is 15.9 Å². The van der Waals surface area contributed by atoms with E-state index in [0.717, 1.165) is 9.37 Å². The predicted molar refractivity (Wildman–Crippen MR) is 121 cm³/mol. The summed E-state index contributed by atoms with van der Waals surface area (Å²) in [7, 11) is 0. The van der Waals surface area contributed by atoms with E-state index in [-0.39, 0.29) is 23.5 Å². The SMILES string of the molecule is CC(C)C[C@@H](C(=O)OCC(=O)NNC(=O)c1ccc(Br)cc1)N1C(=O)c2ccccc2C1=O. The maximum absolute atomic E-state index is 12.8. The summed E-state index contributed by atoms with van der Waals surface area (Å²) >= 11 is 3.26. The molecule has 0 saturated carbocycles. The van der Waals surface area contributed by atoms with Crippen molar-refractivity contribution in [1.82, 2.24) is 15.8 Å². The zero-order valence-electron chi connectivity index (χ0n) is 18.0. The number of nitrogens with one attached hydrogen (secondary N) is 2. The number of rotatable bonds is 7. The third-order valence-corrected chi connectivity index (χ3v) is 5.40. The lowest BCUT2D eigenvalue weighted by Gasteiger charge is -2.25. The van der Waals surface area contributed by atoms with Crippen LogP contribution in [-0.2, 0) is 14.3 Å². The smallest absolute Gasteiger partial charge is 0.329 e. The third-order valence-electron chi connectivity index (χ3n) is 4.87. The van der Waals surface area contributed by atoms with Gasteiger partial charge in [-0.15, -0.1) is 0 Å². The maximum atomic E-state index is 12.8. The van der Waals surface area contributed by atoms with Gasteiger partial charge < -0.3 is 4.74 Å². The minimum Gasteiger partial charge on any atom is -0.454 e. The van der Waals surface area contributed by atoms with Gasteiger partial charge in [-0.05, 0) is 48.7 Å². The first kappa shape index (κ1) is 24.1. The summed E-state index contributed by atoms with van der Waals surface area (Å²) in [4.78, 5) is 63.3. The Morgan fingerprint density at radius 1 is 0.939 bits per heavy atom. The number of amides is 4. The van der Waals surface area contributed by atoms with E-state index >= 15 is 0 Å². The van der Waals surface area contributed by atoms with Gasteiger partial charge in [0.15, 0.2) is 6.61 Å². The molecule has 2 N–H and O–H groups in total. The summed E-state index contributed by atoms with van der Waals surface area (Å²) < 4.78 is 5.87. The summed E-state index contributed by atoms with van der Waals surface area (Å²) in [6, 6.07) is 11.6. The van der Waals surface area contributed by atoms with Crippen molar-refractivity contribution in [2.75, 3.05) is 6.61 Å². The van der Waals surface area contributed by atoms with Crippen LogP contribution in [0.5, 0.6) is 0 Å². The second-order valence-electron chi connectivity index (χ2n) is 7.79. The Balaban J connectivity index is 1.60. The lowest BCUT2D eigenvalue weighted by atomic mass is 10.0. The van der Waals surface area contributed by atoms with Crippen LogP contribution in [0.2, 0.25) is 0 Å². The fourth-order valence-corrected chi connectivity index (χ4v) is 3.58. The first-order chi connectivity index (χ1) is 15.7. The van der Waals surface area contributed by atoms with Crippen molar-refractivity contribution >= 4 is 45.5 Å². The molecule has 1 heterocycles. The largest absolute Gasteiger partial charge is 0.454 e. The van der Waals surface area contributed by atoms with E-state index < -0.39 is 42.2 Å². The van der Waals surface area contributed by atoms with Crippen molar-refractivity contribution in [3.05, 3.63) is 69.7 Å². The van der Waals surface area contributed by atoms with E-state index in [1.54, 1.807) is 36.4 Å². The van der Waals surface area contributed by atoms with Crippen molar-refractivity contribution in [2.24, 2.45) is 5.92 Å². The molecule has 9 nitrogen and oxygen atoms in total. The molecular formula is C23H22BrN3O6.